The normalized spacial score (nSPS) is 11.7. The van der Waals surface area contributed by atoms with Gasteiger partial charge in [-0.1, -0.05) is 13.0 Å². The lowest BCUT2D eigenvalue weighted by molar-refractivity contribution is -0.173. The number of anilines is 1. The van der Waals surface area contributed by atoms with Gasteiger partial charge in [0.15, 0.2) is 0 Å². The number of nitrogens with one attached hydrogen (secondary N) is 2. The van der Waals surface area contributed by atoms with Crippen LogP contribution in [0.25, 0.3) is 0 Å². The molecule has 1 heterocycles. The lowest BCUT2D eigenvalue weighted by Crippen LogP contribution is -2.24. The molecule has 1 rings (SSSR count). The first-order valence-corrected chi connectivity index (χ1v) is 7.98. The van der Waals surface area contributed by atoms with Gasteiger partial charge in [-0.15, -0.1) is 0 Å². The molecule has 0 spiro atoms. The molecule has 0 radical (unpaired) electrons. The van der Waals surface area contributed by atoms with Crippen LogP contribution in [0.5, 0.6) is 0 Å². The molecular formula is C16H26F3N3O. The van der Waals surface area contributed by atoms with Crippen molar-refractivity contribution in [2.45, 2.75) is 38.8 Å². The van der Waals surface area contributed by atoms with E-state index in [4.69, 9.17) is 0 Å². The van der Waals surface area contributed by atoms with Gasteiger partial charge in [0.2, 0.25) is 0 Å². The SMILES string of the molecule is CCc1ccc(CCCCNCCOCC(F)(F)F)nc1NC. The van der Waals surface area contributed by atoms with Crippen LogP contribution in [0.15, 0.2) is 12.1 Å². The first kappa shape index (κ1) is 19.7. The summed E-state index contributed by atoms with van der Waals surface area (Å²) in [4.78, 5) is 4.59. The summed E-state index contributed by atoms with van der Waals surface area (Å²) in [6, 6.07) is 4.16. The average Bonchev–Trinajstić information content (AvgIpc) is 2.52. The Labute approximate surface area is 135 Å². The zero-order chi connectivity index (χ0) is 17.1. The smallest absolute Gasteiger partial charge is 0.373 e. The molecule has 0 aromatic carbocycles. The fourth-order valence-electron chi connectivity index (χ4n) is 2.18. The summed E-state index contributed by atoms with van der Waals surface area (Å²) in [7, 11) is 1.87. The number of alkyl halides is 3. The highest BCUT2D eigenvalue weighted by molar-refractivity contribution is 5.44. The minimum Gasteiger partial charge on any atom is -0.373 e. The molecule has 4 nitrogen and oxygen atoms in total. The van der Waals surface area contributed by atoms with Gasteiger partial charge in [0.1, 0.15) is 12.4 Å². The molecule has 0 aliphatic carbocycles. The third-order valence-electron chi connectivity index (χ3n) is 3.38. The van der Waals surface area contributed by atoms with Crippen molar-refractivity contribution < 1.29 is 17.9 Å². The Morgan fingerprint density at radius 2 is 1.96 bits per heavy atom. The molecule has 0 unspecified atom stereocenters. The average molecular weight is 333 g/mol. The number of ether oxygens (including phenoxy) is 1. The number of rotatable bonds is 11. The molecule has 0 fully saturated rings. The van der Waals surface area contributed by atoms with Gasteiger partial charge in [0.25, 0.3) is 0 Å². The van der Waals surface area contributed by atoms with E-state index in [1.165, 1.54) is 5.56 Å². The Balaban J connectivity index is 2.09. The highest BCUT2D eigenvalue weighted by Crippen LogP contribution is 2.15. The second-order valence-corrected chi connectivity index (χ2v) is 5.29. The summed E-state index contributed by atoms with van der Waals surface area (Å²) in [6.45, 7) is 2.19. The van der Waals surface area contributed by atoms with E-state index in [1.807, 2.05) is 7.05 Å². The predicted molar refractivity (Wildman–Crippen MR) is 85.8 cm³/mol. The second kappa shape index (κ2) is 10.4. The number of nitrogens with zero attached hydrogens (tertiary/aromatic N) is 1. The predicted octanol–water partition coefficient (Wildman–Crippen LogP) is 3.18. The number of unbranched alkanes of at least 4 members (excludes halogenated alkanes) is 1. The Morgan fingerprint density at radius 1 is 1.17 bits per heavy atom. The lowest BCUT2D eigenvalue weighted by Gasteiger charge is -2.09. The Hall–Kier alpha value is -1.34. The molecule has 0 aliphatic rings. The van der Waals surface area contributed by atoms with Gasteiger partial charge < -0.3 is 15.4 Å². The third-order valence-corrected chi connectivity index (χ3v) is 3.38. The number of aryl methyl sites for hydroxylation is 2. The molecule has 132 valence electrons. The minimum atomic E-state index is -4.24. The molecule has 0 aliphatic heterocycles. The van der Waals surface area contributed by atoms with Crippen molar-refractivity contribution in [1.29, 1.82) is 0 Å². The summed E-state index contributed by atoms with van der Waals surface area (Å²) >= 11 is 0. The quantitative estimate of drug-likeness (QED) is 0.611. The molecule has 0 amide bonds. The van der Waals surface area contributed by atoms with E-state index in [0.29, 0.717) is 6.54 Å². The summed E-state index contributed by atoms with van der Waals surface area (Å²) in [6.07, 6.45) is -0.468. The van der Waals surface area contributed by atoms with Crippen molar-refractivity contribution >= 4 is 5.82 Å². The van der Waals surface area contributed by atoms with Gasteiger partial charge in [-0.3, -0.25) is 0 Å². The van der Waals surface area contributed by atoms with Gasteiger partial charge in [0.05, 0.1) is 6.61 Å². The van der Waals surface area contributed by atoms with E-state index in [2.05, 4.69) is 39.4 Å². The van der Waals surface area contributed by atoms with Gasteiger partial charge in [-0.2, -0.15) is 13.2 Å². The lowest BCUT2D eigenvalue weighted by atomic mass is 10.1. The number of hydrogen-bond donors (Lipinski definition) is 2. The van der Waals surface area contributed by atoms with Crippen LogP contribution in [0.3, 0.4) is 0 Å². The van der Waals surface area contributed by atoms with Crippen molar-refractivity contribution in [3.63, 3.8) is 0 Å². The van der Waals surface area contributed by atoms with Crippen LogP contribution < -0.4 is 10.6 Å². The summed E-state index contributed by atoms with van der Waals surface area (Å²) < 4.78 is 40.0. The van der Waals surface area contributed by atoms with Crippen molar-refractivity contribution in [3.05, 3.63) is 23.4 Å². The van der Waals surface area contributed by atoms with Crippen molar-refractivity contribution in [2.75, 3.05) is 38.7 Å². The molecule has 7 heteroatoms. The van der Waals surface area contributed by atoms with Crippen LogP contribution in [-0.4, -0.2) is 44.5 Å². The highest BCUT2D eigenvalue weighted by atomic mass is 19.4. The Kier molecular flexibility index (Phi) is 8.94. The monoisotopic (exact) mass is 333 g/mol. The van der Waals surface area contributed by atoms with Crippen LogP contribution in [0.4, 0.5) is 19.0 Å². The van der Waals surface area contributed by atoms with E-state index in [-0.39, 0.29) is 6.61 Å². The van der Waals surface area contributed by atoms with E-state index in [9.17, 15) is 13.2 Å². The highest BCUT2D eigenvalue weighted by Gasteiger charge is 2.27. The van der Waals surface area contributed by atoms with Crippen molar-refractivity contribution in [3.8, 4) is 0 Å². The fraction of sp³-hybridized carbons (Fsp3) is 0.688. The number of hydrogen-bond acceptors (Lipinski definition) is 4. The first-order valence-electron chi connectivity index (χ1n) is 7.98. The van der Waals surface area contributed by atoms with Crippen LogP contribution in [0.1, 0.15) is 31.0 Å². The zero-order valence-electron chi connectivity index (χ0n) is 13.8. The van der Waals surface area contributed by atoms with Crippen LogP contribution in [-0.2, 0) is 17.6 Å². The molecular weight excluding hydrogens is 307 g/mol. The molecule has 0 bridgehead atoms. The Bertz CT molecular complexity index is 453. The minimum absolute atomic E-state index is 0.0745. The molecule has 2 N–H and O–H groups in total. The van der Waals surface area contributed by atoms with E-state index >= 15 is 0 Å². The van der Waals surface area contributed by atoms with E-state index < -0.39 is 12.8 Å². The largest absolute Gasteiger partial charge is 0.411 e. The maximum absolute atomic E-state index is 11.8. The first-order chi connectivity index (χ1) is 11.0. The van der Waals surface area contributed by atoms with Crippen LogP contribution in [0, 0.1) is 0 Å². The van der Waals surface area contributed by atoms with Crippen molar-refractivity contribution in [1.82, 2.24) is 10.3 Å². The summed E-state index contributed by atoms with van der Waals surface area (Å²) in [5.41, 5.74) is 2.26. The van der Waals surface area contributed by atoms with Gasteiger partial charge in [0, 0.05) is 19.3 Å². The molecule has 1 aromatic rings. The number of pyridine rings is 1. The zero-order valence-corrected chi connectivity index (χ0v) is 13.8. The fourth-order valence-corrected chi connectivity index (χ4v) is 2.18. The van der Waals surface area contributed by atoms with E-state index in [0.717, 1.165) is 43.7 Å². The molecule has 1 aromatic heterocycles. The maximum atomic E-state index is 11.8. The summed E-state index contributed by atoms with van der Waals surface area (Å²) in [5.74, 6) is 0.935. The topological polar surface area (TPSA) is 46.2 Å². The molecule has 0 saturated carbocycles. The molecule has 0 saturated heterocycles. The second-order valence-electron chi connectivity index (χ2n) is 5.29. The Morgan fingerprint density at radius 3 is 2.61 bits per heavy atom. The number of aromatic nitrogens is 1. The van der Waals surface area contributed by atoms with Crippen LogP contribution in [0.2, 0.25) is 0 Å². The maximum Gasteiger partial charge on any atom is 0.411 e. The van der Waals surface area contributed by atoms with Crippen molar-refractivity contribution in [2.24, 2.45) is 0 Å². The van der Waals surface area contributed by atoms with Gasteiger partial charge in [-0.05, 0) is 43.9 Å². The third kappa shape index (κ3) is 8.76. The van der Waals surface area contributed by atoms with Crippen LogP contribution >= 0.6 is 0 Å². The standard InChI is InChI=1S/C16H26F3N3O/c1-3-13-7-8-14(22-15(13)20-2)6-4-5-9-21-10-11-23-12-16(17,18)19/h7-8,21H,3-6,9-12H2,1-2H3,(H,20,22). The molecule has 0 atom stereocenters. The van der Waals surface area contributed by atoms with Gasteiger partial charge >= 0.3 is 6.18 Å². The summed E-state index contributed by atoms with van der Waals surface area (Å²) in [5, 5.41) is 6.18. The van der Waals surface area contributed by atoms with E-state index in [1.54, 1.807) is 0 Å². The number of halogens is 3. The molecule has 23 heavy (non-hydrogen) atoms. The van der Waals surface area contributed by atoms with Gasteiger partial charge in [-0.25, -0.2) is 4.98 Å².